The topological polar surface area (TPSA) is 61.4 Å². The molecule has 27 heavy (non-hydrogen) atoms. The second kappa shape index (κ2) is 6.89. The van der Waals surface area contributed by atoms with Crippen LogP contribution in [0, 0.1) is 6.92 Å². The summed E-state index contributed by atoms with van der Waals surface area (Å²) in [5, 5.41) is 5.07. The Hall–Kier alpha value is -3.12. The molecule has 6 nitrogen and oxygen atoms in total. The van der Waals surface area contributed by atoms with Gasteiger partial charge < -0.3 is 9.14 Å². The van der Waals surface area contributed by atoms with E-state index in [2.05, 4.69) is 5.10 Å². The molecule has 3 heterocycles. The molecule has 0 spiro atoms. The number of aryl methyl sites for hydroxylation is 1. The van der Waals surface area contributed by atoms with Gasteiger partial charge in [-0.2, -0.15) is 5.10 Å². The van der Waals surface area contributed by atoms with Crippen LogP contribution in [0.15, 0.2) is 54.7 Å². The van der Waals surface area contributed by atoms with E-state index in [1.54, 1.807) is 10.7 Å². The van der Waals surface area contributed by atoms with Gasteiger partial charge in [0.2, 0.25) is 0 Å². The molecule has 4 rings (SSSR count). The normalized spacial score (nSPS) is 11.1. The van der Waals surface area contributed by atoms with E-state index in [0.717, 1.165) is 28.3 Å². The lowest BCUT2D eigenvalue weighted by atomic mass is 10.1. The van der Waals surface area contributed by atoms with Crippen LogP contribution in [0.4, 0.5) is 0 Å². The first-order valence-electron chi connectivity index (χ1n) is 8.41. The van der Waals surface area contributed by atoms with Crippen LogP contribution < -0.4 is 0 Å². The Kier molecular flexibility index (Phi) is 4.41. The van der Waals surface area contributed by atoms with E-state index in [1.807, 2.05) is 60.0 Å². The summed E-state index contributed by atoms with van der Waals surface area (Å²) in [6.45, 7) is 2.37. The van der Waals surface area contributed by atoms with E-state index in [1.165, 1.54) is 7.11 Å². The highest BCUT2D eigenvalue weighted by molar-refractivity contribution is 6.30. The highest BCUT2D eigenvalue weighted by Gasteiger charge is 2.18. The summed E-state index contributed by atoms with van der Waals surface area (Å²) >= 11 is 6.03. The minimum atomic E-state index is -0.451. The lowest BCUT2D eigenvalue weighted by Crippen LogP contribution is -2.09. The molecule has 0 N–H and O–H groups in total. The molecule has 0 atom stereocenters. The molecule has 0 saturated carbocycles. The summed E-state index contributed by atoms with van der Waals surface area (Å²) in [6, 6.07) is 15.2. The van der Waals surface area contributed by atoms with Crippen molar-refractivity contribution in [1.82, 2.24) is 19.2 Å². The minimum Gasteiger partial charge on any atom is -0.464 e. The minimum absolute atomic E-state index is 0.289. The second-order valence-electron chi connectivity index (χ2n) is 6.16. The van der Waals surface area contributed by atoms with Gasteiger partial charge in [0.05, 0.1) is 25.0 Å². The van der Waals surface area contributed by atoms with Gasteiger partial charge in [-0.05, 0) is 37.3 Å². The van der Waals surface area contributed by atoms with Crippen LogP contribution in [0.5, 0.6) is 0 Å². The molecule has 136 valence electrons. The van der Waals surface area contributed by atoms with E-state index in [0.29, 0.717) is 11.6 Å². The first-order chi connectivity index (χ1) is 13.1. The second-order valence-corrected chi connectivity index (χ2v) is 6.60. The number of hydrogen-bond acceptors (Lipinski definition) is 4. The molecular formula is C20H17ClN4O2. The standard InChI is InChI=1S/C20H17ClN4O2/c1-13-11-16(20(26)27-2)23-25(13)12-17-19(14-6-8-15(21)9-7-14)22-18-5-3-4-10-24(17)18/h3-11H,12H2,1-2H3. The summed E-state index contributed by atoms with van der Waals surface area (Å²) in [5.41, 5.74) is 4.79. The predicted molar refractivity (Wildman–Crippen MR) is 103 cm³/mol. The number of methoxy groups -OCH3 is 1. The van der Waals surface area contributed by atoms with E-state index in [4.69, 9.17) is 21.3 Å². The zero-order valence-electron chi connectivity index (χ0n) is 14.9. The van der Waals surface area contributed by atoms with Crippen LogP contribution in [-0.2, 0) is 11.3 Å². The molecule has 7 heteroatoms. The van der Waals surface area contributed by atoms with Crippen LogP contribution in [0.2, 0.25) is 5.02 Å². The molecule has 4 aromatic rings. The van der Waals surface area contributed by atoms with Crippen LogP contribution in [0.1, 0.15) is 21.9 Å². The van der Waals surface area contributed by atoms with Crippen molar-refractivity contribution in [2.24, 2.45) is 0 Å². The first kappa shape index (κ1) is 17.3. The SMILES string of the molecule is COC(=O)c1cc(C)n(Cc2c(-c3ccc(Cl)cc3)nc3ccccn23)n1. The van der Waals surface area contributed by atoms with Gasteiger partial charge in [-0.15, -0.1) is 0 Å². The summed E-state index contributed by atoms with van der Waals surface area (Å²) < 4.78 is 8.58. The third kappa shape index (κ3) is 3.19. The molecule has 0 radical (unpaired) electrons. The average Bonchev–Trinajstić information content (AvgIpc) is 3.23. The van der Waals surface area contributed by atoms with Gasteiger partial charge in [-0.3, -0.25) is 4.68 Å². The number of pyridine rings is 1. The summed E-state index contributed by atoms with van der Waals surface area (Å²) in [7, 11) is 1.35. The Labute approximate surface area is 161 Å². The number of fused-ring (bicyclic) bond motifs is 1. The van der Waals surface area contributed by atoms with Crippen molar-refractivity contribution in [3.63, 3.8) is 0 Å². The monoisotopic (exact) mass is 380 g/mol. The number of aromatic nitrogens is 4. The molecule has 0 fully saturated rings. The number of ether oxygens (including phenoxy) is 1. The fourth-order valence-electron chi connectivity index (χ4n) is 3.05. The Morgan fingerprint density at radius 1 is 1.19 bits per heavy atom. The molecule has 0 amide bonds. The lowest BCUT2D eigenvalue weighted by Gasteiger charge is -2.08. The predicted octanol–water partition coefficient (Wildman–Crippen LogP) is 3.99. The molecule has 0 bridgehead atoms. The smallest absolute Gasteiger partial charge is 0.358 e. The molecule has 0 unspecified atom stereocenters. The van der Waals surface area contributed by atoms with Gasteiger partial charge in [0.25, 0.3) is 0 Å². The Balaban J connectivity index is 1.83. The van der Waals surface area contributed by atoms with Crippen LogP contribution in [0.25, 0.3) is 16.9 Å². The number of esters is 1. The molecule has 0 aliphatic carbocycles. The van der Waals surface area contributed by atoms with Crippen molar-refractivity contribution in [2.75, 3.05) is 7.11 Å². The number of nitrogens with zero attached hydrogens (tertiary/aromatic N) is 4. The van der Waals surface area contributed by atoms with E-state index in [9.17, 15) is 4.79 Å². The Bertz CT molecular complexity index is 1130. The number of carbonyl (C=O) groups excluding carboxylic acids is 1. The van der Waals surface area contributed by atoms with Crippen molar-refractivity contribution in [2.45, 2.75) is 13.5 Å². The number of benzene rings is 1. The van der Waals surface area contributed by atoms with Crippen molar-refractivity contribution in [3.05, 3.63) is 76.8 Å². The van der Waals surface area contributed by atoms with Crippen LogP contribution >= 0.6 is 11.6 Å². The largest absolute Gasteiger partial charge is 0.464 e. The summed E-state index contributed by atoms with van der Waals surface area (Å²) in [6.07, 6.45) is 1.97. The maximum absolute atomic E-state index is 11.8. The number of halogens is 1. The Morgan fingerprint density at radius 2 is 1.96 bits per heavy atom. The van der Waals surface area contributed by atoms with Crippen molar-refractivity contribution < 1.29 is 9.53 Å². The first-order valence-corrected chi connectivity index (χ1v) is 8.79. The number of rotatable bonds is 4. The quantitative estimate of drug-likeness (QED) is 0.502. The van der Waals surface area contributed by atoms with Crippen molar-refractivity contribution >= 4 is 23.2 Å². The molecule has 0 saturated heterocycles. The fraction of sp³-hybridized carbons (Fsp3) is 0.150. The highest BCUT2D eigenvalue weighted by Crippen LogP contribution is 2.27. The van der Waals surface area contributed by atoms with Gasteiger partial charge in [-0.1, -0.05) is 29.8 Å². The van der Waals surface area contributed by atoms with Gasteiger partial charge in [0.1, 0.15) is 5.65 Å². The molecule has 0 aliphatic rings. The zero-order valence-corrected chi connectivity index (χ0v) is 15.6. The van der Waals surface area contributed by atoms with Gasteiger partial charge in [-0.25, -0.2) is 9.78 Å². The van der Waals surface area contributed by atoms with Crippen LogP contribution in [-0.4, -0.2) is 32.2 Å². The Morgan fingerprint density at radius 3 is 2.70 bits per heavy atom. The van der Waals surface area contributed by atoms with Crippen molar-refractivity contribution in [1.29, 1.82) is 0 Å². The van der Waals surface area contributed by atoms with E-state index < -0.39 is 5.97 Å². The maximum Gasteiger partial charge on any atom is 0.358 e. The molecular weight excluding hydrogens is 364 g/mol. The molecule has 0 aliphatic heterocycles. The van der Waals surface area contributed by atoms with Gasteiger partial charge >= 0.3 is 5.97 Å². The number of imidazole rings is 1. The molecule has 3 aromatic heterocycles. The lowest BCUT2D eigenvalue weighted by molar-refractivity contribution is 0.0593. The van der Waals surface area contributed by atoms with Gasteiger partial charge in [0.15, 0.2) is 5.69 Å². The number of carbonyl (C=O) groups is 1. The third-order valence-electron chi connectivity index (χ3n) is 4.42. The van der Waals surface area contributed by atoms with Gasteiger partial charge in [0, 0.05) is 22.5 Å². The highest BCUT2D eigenvalue weighted by atomic mass is 35.5. The maximum atomic E-state index is 11.8. The molecule has 1 aromatic carbocycles. The summed E-state index contributed by atoms with van der Waals surface area (Å²) in [5.74, 6) is -0.451. The fourth-order valence-corrected chi connectivity index (χ4v) is 3.18. The van der Waals surface area contributed by atoms with E-state index >= 15 is 0 Å². The third-order valence-corrected chi connectivity index (χ3v) is 4.67. The van der Waals surface area contributed by atoms with E-state index in [-0.39, 0.29) is 5.69 Å². The van der Waals surface area contributed by atoms with Crippen LogP contribution in [0.3, 0.4) is 0 Å². The average molecular weight is 381 g/mol. The van der Waals surface area contributed by atoms with Crippen molar-refractivity contribution in [3.8, 4) is 11.3 Å². The summed E-state index contributed by atoms with van der Waals surface area (Å²) in [4.78, 5) is 16.6. The zero-order chi connectivity index (χ0) is 19.0. The number of hydrogen-bond donors (Lipinski definition) is 0.